The highest BCUT2D eigenvalue weighted by atomic mass is 16.3. The van der Waals surface area contributed by atoms with E-state index in [2.05, 4.69) is 15.5 Å². The third-order valence-corrected chi connectivity index (χ3v) is 2.54. The topological polar surface area (TPSA) is 58.0 Å². The Morgan fingerprint density at radius 1 is 1.29 bits per heavy atom. The van der Waals surface area contributed by atoms with Crippen molar-refractivity contribution in [3.05, 3.63) is 18.3 Å². The van der Waals surface area contributed by atoms with Crippen LogP contribution in [0.15, 0.2) is 18.3 Å². The molecule has 0 spiro atoms. The fourth-order valence-corrected chi connectivity index (χ4v) is 0.841. The van der Waals surface area contributed by atoms with Crippen molar-refractivity contribution in [3.8, 4) is 0 Å². The second kappa shape index (κ2) is 3.53. The molecule has 78 valence electrons. The molecule has 0 atom stereocenters. The van der Waals surface area contributed by atoms with Crippen LogP contribution in [-0.2, 0) is 0 Å². The third kappa shape index (κ3) is 2.42. The van der Waals surface area contributed by atoms with E-state index in [-0.39, 0.29) is 0 Å². The largest absolute Gasteiger partial charge is 0.388 e. The molecule has 1 rings (SSSR count). The molecular formula is C10H17N3O. The van der Waals surface area contributed by atoms with Crippen LogP contribution in [0.2, 0.25) is 0 Å². The maximum absolute atomic E-state index is 9.90. The van der Waals surface area contributed by atoms with Crippen LogP contribution in [0.25, 0.3) is 0 Å². The van der Waals surface area contributed by atoms with Gasteiger partial charge in [-0.15, -0.1) is 5.10 Å². The molecule has 4 heteroatoms. The number of aromatic nitrogens is 2. The van der Waals surface area contributed by atoms with Gasteiger partial charge in [-0.1, -0.05) is 0 Å². The lowest BCUT2D eigenvalue weighted by Gasteiger charge is -2.38. The van der Waals surface area contributed by atoms with Gasteiger partial charge in [0.25, 0.3) is 0 Å². The number of hydrogen-bond acceptors (Lipinski definition) is 4. The molecule has 0 aliphatic rings. The minimum atomic E-state index is -0.829. The van der Waals surface area contributed by atoms with Gasteiger partial charge in [0.15, 0.2) is 0 Å². The summed E-state index contributed by atoms with van der Waals surface area (Å²) in [5, 5.41) is 20.7. The highest BCUT2D eigenvalue weighted by Crippen LogP contribution is 2.24. The molecule has 0 aliphatic heterocycles. The van der Waals surface area contributed by atoms with Crippen molar-refractivity contribution in [2.24, 2.45) is 0 Å². The van der Waals surface area contributed by atoms with Gasteiger partial charge in [-0.2, -0.15) is 5.10 Å². The van der Waals surface area contributed by atoms with E-state index in [1.807, 2.05) is 19.9 Å². The zero-order valence-electron chi connectivity index (χ0n) is 9.07. The molecule has 1 aromatic rings. The molecule has 2 N–H and O–H groups in total. The van der Waals surface area contributed by atoms with Crippen molar-refractivity contribution in [2.45, 2.75) is 38.8 Å². The van der Waals surface area contributed by atoms with Crippen LogP contribution in [0.5, 0.6) is 0 Å². The number of anilines is 1. The van der Waals surface area contributed by atoms with E-state index in [1.54, 1.807) is 26.1 Å². The molecule has 0 fully saturated rings. The predicted octanol–water partition coefficient (Wildman–Crippen LogP) is 1.44. The summed E-state index contributed by atoms with van der Waals surface area (Å²) in [6, 6.07) is 3.62. The maximum atomic E-state index is 9.90. The smallest absolute Gasteiger partial charge is 0.149 e. The molecule has 0 radical (unpaired) electrons. The van der Waals surface area contributed by atoms with E-state index in [0.717, 1.165) is 0 Å². The summed E-state index contributed by atoms with van der Waals surface area (Å²) in [7, 11) is 0. The second-order valence-electron chi connectivity index (χ2n) is 4.42. The predicted molar refractivity (Wildman–Crippen MR) is 56.0 cm³/mol. The van der Waals surface area contributed by atoms with Crippen molar-refractivity contribution in [1.82, 2.24) is 10.2 Å². The van der Waals surface area contributed by atoms with Gasteiger partial charge in [-0.25, -0.2) is 0 Å². The molecule has 1 heterocycles. The highest BCUT2D eigenvalue weighted by molar-refractivity contribution is 5.36. The minimum absolute atomic E-state index is 0.455. The van der Waals surface area contributed by atoms with Gasteiger partial charge in [0, 0.05) is 6.20 Å². The van der Waals surface area contributed by atoms with Crippen LogP contribution in [0, 0.1) is 0 Å². The Kier molecular flexibility index (Phi) is 2.76. The number of rotatable bonds is 3. The Balaban J connectivity index is 2.79. The standard InChI is InChI=1S/C10H17N3O/c1-9(2,10(3,4)14)12-8-6-5-7-11-13-8/h5-7,14H,1-4H3,(H,12,13). The first-order chi connectivity index (χ1) is 6.33. The molecule has 4 nitrogen and oxygen atoms in total. The van der Waals surface area contributed by atoms with Crippen LogP contribution in [-0.4, -0.2) is 26.4 Å². The van der Waals surface area contributed by atoms with Crippen molar-refractivity contribution in [2.75, 3.05) is 5.32 Å². The van der Waals surface area contributed by atoms with E-state index < -0.39 is 11.1 Å². The lowest BCUT2D eigenvalue weighted by molar-refractivity contribution is 0.0238. The Labute approximate surface area is 84.4 Å². The SMILES string of the molecule is CC(C)(O)C(C)(C)Nc1cccnn1. The van der Waals surface area contributed by atoms with Gasteiger partial charge in [0.2, 0.25) is 0 Å². The first-order valence-corrected chi connectivity index (χ1v) is 4.61. The lowest BCUT2D eigenvalue weighted by atomic mass is 9.86. The fraction of sp³-hybridized carbons (Fsp3) is 0.600. The van der Waals surface area contributed by atoms with E-state index in [4.69, 9.17) is 0 Å². The van der Waals surface area contributed by atoms with Crippen molar-refractivity contribution in [3.63, 3.8) is 0 Å². The van der Waals surface area contributed by atoms with Gasteiger partial charge in [0.05, 0.1) is 11.1 Å². The number of nitrogens with one attached hydrogen (secondary N) is 1. The van der Waals surface area contributed by atoms with Crippen LogP contribution in [0.3, 0.4) is 0 Å². The molecule has 1 aromatic heterocycles. The Hall–Kier alpha value is -1.16. The summed E-state index contributed by atoms with van der Waals surface area (Å²) in [5.41, 5.74) is -1.28. The average molecular weight is 195 g/mol. The van der Waals surface area contributed by atoms with Gasteiger partial charge >= 0.3 is 0 Å². The summed E-state index contributed by atoms with van der Waals surface area (Å²) in [4.78, 5) is 0. The molecule has 0 saturated heterocycles. The summed E-state index contributed by atoms with van der Waals surface area (Å²) >= 11 is 0. The molecular weight excluding hydrogens is 178 g/mol. The summed E-state index contributed by atoms with van der Waals surface area (Å²) in [6.07, 6.45) is 1.61. The van der Waals surface area contributed by atoms with Crippen molar-refractivity contribution >= 4 is 5.82 Å². The van der Waals surface area contributed by atoms with E-state index in [0.29, 0.717) is 5.82 Å². The Morgan fingerprint density at radius 3 is 2.36 bits per heavy atom. The van der Waals surface area contributed by atoms with Crippen molar-refractivity contribution < 1.29 is 5.11 Å². The third-order valence-electron chi connectivity index (χ3n) is 2.54. The molecule has 0 bridgehead atoms. The van der Waals surface area contributed by atoms with Gasteiger partial charge < -0.3 is 10.4 Å². The van der Waals surface area contributed by atoms with Gasteiger partial charge in [-0.3, -0.25) is 0 Å². The first kappa shape index (κ1) is 10.9. The Bertz CT molecular complexity index is 290. The van der Waals surface area contributed by atoms with E-state index >= 15 is 0 Å². The molecule has 0 aromatic carbocycles. The Morgan fingerprint density at radius 2 is 1.93 bits per heavy atom. The second-order valence-corrected chi connectivity index (χ2v) is 4.42. The van der Waals surface area contributed by atoms with Crippen LogP contribution >= 0.6 is 0 Å². The van der Waals surface area contributed by atoms with Crippen LogP contribution < -0.4 is 5.32 Å². The summed E-state index contributed by atoms with van der Waals surface area (Å²) in [5.74, 6) is 0.666. The normalized spacial score (nSPS) is 12.6. The van der Waals surface area contributed by atoms with E-state index in [1.165, 1.54) is 0 Å². The summed E-state index contributed by atoms with van der Waals surface area (Å²) in [6.45, 7) is 7.36. The molecule has 0 aliphatic carbocycles. The van der Waals surface area contributed by atoms with Crippen molar-refractivity contribution in [1.29, 1.82) is 0 Å². The first-order valence-electron chi connectivity index (χ1n) is 4.61. The maximum Gasteiger partial charge on any atom is 0.149 e. The molecule has 0 saturated carbocycles. The zero-order chi connectivity index (χ0) is 10.8. The van der Waals surface area contributed by atoms with E-state index in [9.17, 15) is 5.11 Å². The number of nitrogens with zero attached hydrogens (tertiary/aromatic N) is 2. The summed E-state index contributed by atoms with van der Waals surface area (Å²) < 4.78 is 0. The molecule has 0 amide bonds. The van der Waals surface area contributed by atoms with Crippen LogP contribution in [0.1, 0.15) is 27.7 Å². The quantitative estimate of drug-likeness (QED) is 0.766. The number of hydrogen-bond donors (Lipinski definition) is 2. The zero-order valence-corrected chi connectivity index (χ0v) is 9.07. The molecule has 14 heavy (non-hydrogen) atoms. The molecule has 0 unspecified atom stereocenters. The fourth-order valence-electron chi connectivity index (χ4n) is 0.841. The van der Waals surface area contributed by atoms with Gasteiger partial charge in [-0.05, 0) is 39.8 Å². The number of aliphatic hydroxyl groups is 1. The monoisotopic (exact) mass is 195 g/mol. The average Bonchev–Trinajstić information content (AvgIpc) is 2.03. The van der Waals surface area contributed by atoms with Crippen LogP contribution in [0.4, 0.5) is 5.82 Å². The van der Waals surface area contributed by atoms with Gasteiger partial charge in [0.1, 0.15) is 5.82 Å². The highest BCUT2D eigenvalue weighted by Gasteiger charge is 2.35. The minimum Gasteiger partial charge on any atom is -0.388 e. The lowest BCUT2D eigenvalue weighted by Crippen LogP contribution is -2.51.